The zero-order valence-electron chi connectivity index (χ0n) is 10.6. The largest absolute Gasteiger partial charge is 0.480 e. The minimum Gasteiger partial charge on any atom is -0.480 e. The first kappa shape index (κ1) is 15.5. The van der Waals surface area contributed by atoms with Crippen molar-refractivity contribution in [2.75, 3.05) is 0 Å². The van der Waals surface area contributed by atoms with Crippen LogP contribution in [-0.4, -0.2) is 17.1 Å². The maximum Gasteiger partial charge on any atom is 0.328 e. The molecule has 0 aromatic heterocycles. The Kier molecular flexibility index (Phi) is 5.20. The smallest absolute Gasteiger partial charge is 0.328 e. The number of carbonyl (C=O) groups is 1. The quantitative estimate of drug-likeness (QED) is 0.861. The van der Waals surface area contributed by atoms with E-state index >= 15 is 0 Å². The van der Waals surface area contributed by atoms with E-state index in [2.05, 4.69) is 21.2 Å². The summed E-state index contributed by atoms with van der Waals surface area (Å²) in [6.07, 6.45) is 0.844. The molecule has 0 aliphatic heterocycles. The Labute approximate surface area is 121 Å². The molecule has 0 aliphatic rings. The molecule has 2 N–H and O–H groups in total. The third-order valence-electron chi connectivity index (χ3n) is 3.04. The number of carboxylic acids is 1. The van der Waals surface area contributed by atoms with Crippen molar-refractivity contribution in [2.45, 2.75) is 38.8 Å². The zero-order valence-corrected chi connectivity index (χ0v) is 13.0. The van der Waals surface area contributed by atoms with Gasteiger partial charge in [0.25, 0.3) is 0 Å². The molecule has 1 aromatic rings. The maximum atomic E-state index is 11.6. The molecule has 0 aliphatic carbocycles. The lowest BCUT2D eigenvalue weighted by Crippen LogP contribution is -2.50. The number of benzene rings is 1. The van der Waals surface area contributed by atoms with Crippen molar-refractivity contribution in [2.24, 2.45) is 0 Å². The van der Waals surface area contributed by atoms with Gasteiger partial charge in [0.05, 0.1) is 0 Å². The molecule has 2 unspecified atom stereocenters. The summed E-state index contributed by atoms with van der Waals surface area (Å²) in [4.78, 5) is 11.6. The molecule has 18 heavy (non-hydrogen) atoms. The summed E-state index contributed by atoms with van der Waals surface area (Å²) in [6, 6.07) is 5.32. The molecular formula is C13H17BrClNO2. The fourth-order valence-electron chi connectivity index (χ4n) is 1.74. The molecule has 5 heteroatoms. The van der Waals surface area contributed by atoms with Gasteiger partial charge >= 0.3 is 5.97 Å². The Bertz CT molecular complexity index is 453. The molecule has 0 spiro atoms. The molecule has 0 fully saturated rings. The van der Waals surface area contributed by atoms with Gasteiger partial charge in [-0.15, -0.1) is 0 Å². The number of carboxylic acid groups (broad SMARTS) is 1. The number of halogens is 2. The third-order valence-corrected chi connectivity index (χ3v) is 3.85. The lowest BCUT2D eigenvalue weighted by molar-refractivity contribution is -0.145. The van der Waals surface area contributed by atoms with E-state index in [1.807, 2.05) is 13.8 Å². The molecule has 0 heterocycles. The van der Waals surface area contributed by atoms with E-state index in [1.165, 1.54) is 0 Å². The first-order chi connectivity index (χ1) is 8.31. The summed E-state index contributed by atoms with van der Waals surface area (Å²) in [5, 5.41) is 13.0. The van der Waals surface area contributed by atoms with Crippen LogP contribution in [0.3, 0.4) is 0 Å². The Balaban J connectivity index is 3.22. The average Bonchev–Trinajstić information content (AvgIpc) is 2.28. The van der Waals surface area contributed by atoms with Gasteiger partial charge in [-0.1, -0.05) is 40.5 Å². The standard InChI is InChI=1S/C13H17BrClNO2/c1-4-8(2)16-13(3,12(17)18)10-6-5-9(14)7-11(10)15/h5-8,16H,4H2,1-3H3,(H,17,18). The van der Waals surface area contributed by atoms with Gasteiger partial charge in [-0.05, 0) is 32.4 Å². The summed E-state index contributed by atoms with van der Waals surface area (Å²) in [7, 11) is 0. The van der Waals surface area contributed by atoms with Gasteiger partial charge in [-0.2, -0.15) is 0 Å². The van der Waals surface area contributed by atoms with Crippen molar-refractivity contribution in [1.29, 1.82) is 0 Å². The summed E-state index contributed by atoms with van der Waals surface area (Å²) in [5.74, 6) is -0.938. The van der Waals surface area contributed by atoms with Crippen molar-refractivity contribution in [3.05, 3.63) is 33.3 Å². The summed E-state index contributed by atoms with van der Waals surface area (Å²) in [6.45, 7) is 5.59. The Morgan fingerprint density at radius 1 is 1.61 bits per heavy atom. The van der Waals surface area contributed by atoms with E-state index in [9.17, 15) is 9.90 Å². The Morgan fingerprint density at radius 2 is 2.22 bits per heavy atom. The van der Waals surface area contributed by atoms with Gasteiger partial charge < -0.3 is 5.11 Å². The van der Waals surface area contributed by atoms with Crippen molar-refractivity contribution in [3.63, 3.8) is 0 Å². The fraction of sp³-hybridized carbons (Fsp3) is 0.462. The first-order valence-electron chi connectivity index (χ1n) is 5.78. The number of rotatable bonds is 5. The highest BCUT2D eigenvalue weighted by molar-refractivity contribution is 9.10. The minimum atomic E-state index is -1.19. The van der Waals surface area contributed by atoms with Crippen LogP contribution in [0.15, 0.2) is 22.7 Å². The topological polar surface area (TPSA) is 49.3 Å². The molecule has 0 saturated carbocycles. The molecule has 3 nitrogen and oxygen atoms in total. The molecule has 0 bridgehead atoms. The normalized spacial score (nSPS) is 16.1. The van der Waals surface area contributed by atoms with Crippen molar-refractivity contribution < 1.29 is 9.90 Å². The Morgan fingerprint density at radius 3 is 2.67 bits per heavy atom. The maximum absolute atomic E-state index is 11.6. The molecule has 100 valence electrons. The van der Waals surface area contributed by atoms with Gasteiger partial charge in [0.1, 0.15) is 5.54 Å². The van der Waals surface area contributed by atoms with Crippen LogP contribution in [0.2, 0.25) is 5.02 Å². The second-order valence-corrected chi connectivity index (χ2v) is 5.83. The lowest BCUT2D eigenvalue weighted by Gasteiger charge is -2.31. The fourth-order valence-corrected chi connectivity index (χ4v) is 2.61. The van der Waals surface area contributed by atoms with E-state index in [1.54, 1.807) is 25.1 Å². The van der Waals surface area contributed by atoms with Crippen LogP contribution >= 0.6 is 27.5 Å². The minimum absolute atomic E-state index is 0.0887. The molecule has 0 radical (unpaired) electrons. The van der Waals surface area contributed by atoms with Crippen LogP contribution in [0.1, 0.15) is 32.8 Å². The van der Waals surface area contributed by atoms with E-state index < -0.39 is 11.5 Å². The molecule has 1 aromatic carbocycles. The van der Waals surface area contributed by atoms with Crippen LogP contribution in [-0.2, 0) is 10.3 Å². The van der Waals surface area contributed by atoms with Gasteiger partial charge in [0.15, 0.2) is 0 Å². The van der Waals surface area contributed by atoms with Crippen LogP contribution in [0.4, 0.5) is 0 Å². The second kappa shape index (κ2) is 6.04. The lowest BCUT2D eigenvalue weighted by atomic mass is 9.91. The van der Waals surface area contributed by atoms with Gasteiger partial charge in [0.2, 0.25) is 0 Å². The molecule has 1 rings (SSSR count). The third kappa shape index (κ3) is 3.25. The molecule has 0 amide bonds. The molecule has 2 atom stereocenters. The highest BCUT2D eigenvalue weighted by Crippen LogP contribution is 2.31. The van der Waals surface area contributed by atoms with Crippen molar-refractivity contribution in [3.8, 4) is 0 Å². The number of aliphatic carboxylic acids is 1. The van der Waals surface area contributed by atoms with E-state index in [0.717, 1.165) is 10.9 Å². The van der Waals surface area contributed by atoms with Gasteiger partial charge in [0, 0.05) is 21.1 Å². The van der Waals surface area contributed by atoms with Gasteiger partial charge in [-0.25, -0.2) is 4.79 Å². The summed E-state index contributed by atoms with van der Waals surface area (Å²) >= 11 is 9.46. The first-order valence-corrected chi connectivity index (χ1v) is 6.95. The van der Waals surface area contributed by atoms with E-state index in [0.29, 0.717) is 10.6 Å². The SMILES string of the molecule is CCC(C)NC(C)(C(=O)O)c1ccc(Br)cc1Cl. The summed E-state index contributed by atoms with van der Waals surface area (Å²) < 4.78 is 0.826. The molecule has 0 saturated heterocycles. The average molecular weight is 335 g/mol. The highest BCUT2D eigenvalue weighted by Gasteiger charge is 2.37. The second-order valence-electron chi connectivity index (χ2n) is 4.51. The predicted molar refractivity (Wildman–Crippen MR) is 77.0 cm³/mol. The van der Waals surface area contributed by atoms with Crippen molar-refractivity contribution in [1.82, 2.24) is 5.32 Å². The number of nitrogens with one attached hydrogen (secondary N) is 1. The predicted octanol–water partition coefficient (Wildman–Crippen LogP) is 3.79. The van der Waals surface area contributed by atoms with Crippen LogP contribution < -0.4 is 5.32 Å². The zero-order chi connectivity index (χ0) is 13.9. The van der Waals surface area contributed by atoms with Crippen LogP contribution in [0.5, 0.6) is 0 Å². The van der Waals surface area contributed by atoms with Crippen LogP contribution in [0.25, 0.3) is 0 Å². The van der Waals surface area contributed by atoms with Crippen LogP contribution in [0, 0.1) is 0 Å². The number of hydrogen-bond acceptors (Lipinski definition) is 2. The number of hydrogen-bond donors (Lipinski definition) is 2. The van der Waals surface area contributed by atoms with Gasteiger partial charge in [-0.3, -0.25) is 5.32 Å². The van der Waals surface area contributed by atoms with E-state index in [-0.39, 0.29) is 6.04 Å². The Hall–Kier alpha value is -0.580. The van der Waals surface area contributed by atoms with E-state index in [4.69, 9.17) is 11.6 Å². The monoisotopic (exact) mass is 333 g/mol. The summed E-state index contributed by atoms with van der Waals surface area (Å²) in [5.41, 5.74) is -0.618. The molecular weight excluding hydrogens is 318 g/mol. The van der Waals surface area contributed by atoms with Crippen molar-refractivity contribution >= 4 is 33.5 Å². The highest BCUT2D eigenvalue weighted by atomic mass is 79.9.